The van der Waals surface area contributed by atoms with Gasteiger partial charge < -0.3 is 5.32 Å². The predicted molar refractivity (Wildman–Crippen MR) is 86.5 cm³/mol. The molecule has 0 radical (unpaired) electrons. The second kappa shape index (κ2) is 5.77. The maximum Gasteiger partial charge on any atom is 0.0485 e. The fourth-order valence-corrected chi connectivity index (χ4v) is 2.78. The number of hydrogen-bond acceptors (Lipinski definition) is 1. The molecule has 1 nitrogen and oxygen atoms in total. The number of nitrogens with one attached hydrogen (secondary N) is 1. The first kappa shape index (κ1) is 13.9. The van der Waals surface area contributed by atoms with Crippen molar-refractivity contribution >= 4 is 23.2 Å². The highest BCUT2D eigenvalue weighted by atomic mass is 35.5. The summed E-state index contributed by atoms with van der Waals surface area (Å²) < 4.78 is 0. The molecule has 0 aromatic heterocycles. The molecule has 1 aliphatic carbocycles. The smallest absolute Gasteiger partial charge is 0.0485 e. The van der Waals surface area contributed by atoms with Crippen molar-refractivity contribution < 1.29 is 0 Å². The second-order valence-corrected chi connectivity index (χ2v) is 6.27. The minimum Gasteiger partial charge on any atom is -0.310 e. The Kier molecular flexibility index (Phi) is 4.02. The molecule has 1 saturated carbocycles. The molecule has 0 bridgehead atoms. The van der Waals surface area contributed by atoms with Crippen LogP contribution in [0.4, 0.5) is 0 Å². The minimum atomic E-state index is 0.711. The van der Waals surface area contributed by atoms with Crippen molar-refractivity contribution in [3.05, 3.63) is 57.6 Å². The van der Waals surface area contributed by atoms with Crippen molar-refractivity contribution in [2.24, 2.45) is 0 Å². The molecule has 3 heteroatoms. The standard InChI is InChI=1S/C17H17Cl2N/c1-11-8-12(10-20-14-4-5-14)2-6-15(11)16-9-13(18)3-7-17(16)19/h2-3,6-9,14,20H,4-5,10H2,1H3. The van der Waals surface area contributed by atoms with Crippen molar-refractivity contribution in [2.45, 2.75) is 32.4 Å². The van der Waals surface area contributed by atoms with Crippen LogP contribution in [0.15, 0.2) is 36.4 Å². The highest BCUT2D eigenvalue weighted by Gasteiger charge is 2.20. The van der Waals surface area contributed by atoms with Gasteiger partial charge in [-0.15, -0.1) is 0 Å². The Bertz CT molecular complexity index is 633. The van der Waals surface area contributed by atoms with Gasteiger partial charge in [-0.1, -0.05) is 41.4 Å². The van der Waals surface area contributed by atoms with Crippen molar-refractivity contribution in [1.82, 2.24) is 5.32 Å². The predicted octanol–water partition coefficient (Wildman–Crippen LogP) is 5.22. The molecule has 0 aliphatic heterocycles. The van der Waals surface area contributed by atoms with Crippen molar-refractivity contribution in [3.8, 4) is 11.1 Å². The van der Waals surface area contributed by atoms with E-state index in [0.29, 0.717) is 5.02 Å². The van der Waals surface area contributed by atoms with E-state index in [1.165, 1.54) is 24.0 Å². The summed E-state index contributed by atoms with van der Waals surface area (Å²) in [4.78, 5) is 0. The summed E-state index contributed by atoms with van der Waals surface area (Å²) in [5.74, 6) is 0. The van der Waals surface area contributed by atoms with Gasteiger partial charge in [-0.25, -0.2) is 0 Å². The third-order valence-corrected chi connectivity index (χ3v) is 4.25. The van der Waals surface area contributed by atoms with Crippen molar-refractivity contribution in [2.75, 3.05) is 0 Å². The molecule has 104 valence electrons. The highest BCUT2D eigenvalue weighted by molar-refractivity contribution is 6.35. The van der Waals surface area contributed by atoms with E-state index in [-0.39, 0.29) is 0 Å². The summed E-state index contributed by atoms with van der Waals surface area (Å²) in [6, 6.07) is 12.8. The van der Waals surface area contributed by atoms with Crippen LogP contribution in [0.25, 0.3) is 11.1 Å². The average Bonchev–Trinajstić information content (AvgIpc) is 3.24. The lowest BCUT2D eigenvalue weighted by molar-refractivity contribution is 0.687. The Morgan fingerprint density at radius 2 is 1.85 bits per heavy atom. The first-order chi connectivity index (χ1) is 9.63. The normalized spacial score (nSPS) is 14.6. The molecule has 20 heavy (non-hydrogen) atoms. The van der Waals surface area contributed by atoms with E-state index in [2.05, 4.69) is 30.4 Å². The number of halogens is 2. The van der Waals surface area contributed by atoms with E-state index in [9.17, 15) is 0 Å². The van der Waals surface area contributed by atoms with Crippen LogP contribution in [-0.2, 0) is 6.54 Å². The highest BCUT2D eigenvalue weighted by Crippen LogP contribution is 2.33. The van der Waals surface area contributed by atoms with Gasteiger partial charge in [0, 0.05) is 28.2 Å². The number of aryl methyl sites for hydroxylation is 1. The largest absolute Gasteiger partial charge is 0.310 e. The fourth-order valence-electron chi connectivity index (χ4n) is 2.39. The Labute approximate surface area is 129 Å². The van der Waals surface area contributed by atoms with E-state index < -0.39 is 0 Å². The molecule has 0 saturated heterocycles. The molecule has 1 fully saturated rings. The van der Waals surface area contributed by atoms with Crippen LogP contribution in [0.5, 0.6) is 0 Å². The van der Waals surface area contributed by atoms with E-state index >= 15 is 0 Å². The zero-order chi connectivity index (χ0) is 14.1. The minimum absolute atomic E-state index is 0.711. The summed E-state index contributed by atoms with van der Waals surface area (Å²) in [7, 11) is 0. The second-order valence-electron chi connectivity index (χ2n) is 5.43. The molecule has 0 amide bonds. The molecule has 0 unspecified atom stereocenters. The van der Waals surface area contributed by atoms with Crippen LogP contribution in [-0.4, -0.2) is 6.04 Å². The van der Waals surface area contributed by atoms with Gasteiger partial charge in [0.1, 0.15) is 0 Å². The Morgan fingerprint density at radius 3 is 2.55 bits per heavy atom. The summed E-state index contributed by atoms with van der Waals surface area (Å²) in [6.07, 6.45) is 2.63. The quantitative estimate of drug-likeness (QED) is 0.816. The summed E-state index contributed by atoms with van der Waals surface area (Å²) >= 11 is 12.4. The first-order valence-corrected chi connectivity index (χ1v) is 7.67. The molecule has 0 heterocycles. The zero-order valence-electron chi connectivity index (χ0n) is 11.4. The van der Waals surface area contributed by atoms with Gasteiger partial charge in [0.2, 0.25) is 0 Å². The Morgan fingerprint density at radius 1 is 1.05 bits per heavy atom. The fraction of sp³-hybridized carbons (Fsp3) is 0.294. The van der Waals surface area contributed by atoms with Crippen LogP contribution < -0.4 is 5.32 Å². The van der Waals surface area contributed by atoms with E-state index in [1.807, 2.05) is 18.2 Å². The lowest BCUT2D eigenvalue weighted by Crippen LogP contribution is -2.15. The van der Waals surface area contributed by atoms with Crippen LogP contribution in [0.1, 0.15) is 24.0 Å². The molecular weight excluding hydrogens is 289 g/mol. The van der Waals surface area contributed by atoms with Gasteiger partial charge in [0.05, 0.1) is 0 Å². The lowest BCUT2D eigenvalue weighted by atomic mass is 9.98. The molecule has 0 spiro atoms. The monoisotopic (exact) mass is 305 g/mol. The number of hydrogen-bond donors (Lipinski definition) is 1. The molecule has 3 rings (SSSR count). The van der Waals surface area contributed by atoms with E-state index in [0.717, 1.165) is 28.7 Å². The third-order valence-electron chi connectivity index (χ3n) is 3.68. The van der Waals surface area contributed by atoms with Crippen molar-refractivity contribution in [3.63, 3.8) is 0 Å². The summed E-state index contributed by atoms with van der Waals surface area (Å²) in [5, 5.41) is 4.98. The van der Waals surface area contributed by atoms with E-state index in [4.69, 9.17) is 23.2 Å². The molecule has 0 atom stereocenters. The molecule has 1 N–H and O–H groups in total. The van der Waals surface area contributed by atoms with Gasteiger partial charge in [0.15, 0.2) is 0 Å². The lowest BCUT2D eigenvalue weighted by Gasteiger charge is -2.11. The molecular formula is C17H17Cl2N. The average molecular weight is 306 g/mol. The summed E-state index contributed by atoms with van der Waals surface area (Å²) in [5.41, 5.74) is 4.69. The van der Waals surface area contributed by atoms with Crippen molar-refractivity contribution in [1.29, 1.82) is 0 Å². The molecule has 2 aromatic carbocycles. The van der Waals surface area contributed by atoms with Gasteiger partial charge in [-0.05, 0) is 54.7 Å². The zero-order valence-corrected chi connectivity index (χ0v) is 12.9. The van der Waals surface area contributed by atoms with Gasteiger partial charge >= 0.3 is 0 Å². The van der Waals surface area contributed by atoms with Crippen LogP contribution in [0.3, 0.4) is 0 Å². The van der Waals surface area contributed by atoms with Crippen LogP contribution in [0.2, 0.25) is 10.0 Å². The molecule has 2 aromatic rings. The number of rotatable bonds is 4. The maximum absolute atomic E-state index is 6.28. The topological polar surface area (TPSA) is 12.0 Å². The Hall–Kier alpha value is -1.02. The van der Waals surface area contributed by atoms with Gasteiger partial charge in [-0.2, -0.15) is 0 Å². The third kappa shape index (κ3) is 3.17. The first-order valence-electron chi connectivity index (χ1n) is 6.92. The number of benzene rings is 2. The van der Waals surface area contributed by atoms with Gasteiger partial charge in [0.25, 0.3) is 0 Å². The Balaban J connectivity index is 1.87. The van der Waals surface area contributed by atoms with Crippen LogP contribution in [0, 0.1) is 6.92 Å². The van der Waals surface area contributed by atoms with Crippen LogP contribution >= 0.6 is 23.2 Å². The SMILES string of the molecule is Cc1cc(CNC2CC2)ccc1-c1cc(Cl)ccc1Cl. The maximum atomic E-state index is 6.28. The summed E-state index contributed by atoms with van der Waals surface area (Å²) in [6.45, 7) is 3.06. The van der Waals surface area contributed by atoms with Gasteiger partial charge in [-0.3, -0.25) is 0 Å². The molecule has 1 aliphatic rings. The van der Waals surface area contributed by atoms with E-state index in [1.54, 1.807) is 0 Å².